The van der Waals surface area contributed by atoms with E-state index in [0.29, 0.717) is 0 Å². The van der Waals surface area contributed by atoms with Gasteiger partial charge < -0.3 is 0 Å². The highest BCUT2D eigenvalue weighted by atomic mass is 15.5. The molecule has 0 aromatic rings. The van der Waals surface area contributed by atoms with Gasteiger partial charge in [-0.25, -0.2) is 10.0 Å². The maximum absolute atomic E-state index is 3.98. The van der Waals surface area contributed by atoms with E-state index < -0.39 is 0 Å². The molecule has 1 aliphatic heterocycles. The summed E-state index contributed by atoms with van der Waals surface area (Å²) in [4.78, 5) is 3.90. The standard InChI is InChI=1S/C7H11N3/c1-7(2,3)10-6-8-4-5-9-10/h4,6H,1-3H3. The maximum atomic E-state index is 3.98. The van der Waals surface area contributed by atoms with Crippen LogP contribution in [0.2, 0.25) is 0 Å². The van der Waals surface area contributed by atoms with Crippen molar-refractivity contribution < 1.29 is 0 Å². The molecule has 10 heavy (non-hydrogen) atoms. The minimum Gasteiger partial charge on any atom is -0.241 e. The summed E-state index contributed by atoms with van der Waals surface area (Å²) in [6.45, 7) is 6.20. The molecular formula is C7H11N3. The first-order valence-corrected chi connectivity index (χ1v) is 3.21. The molecule has 0 bridgehead atoms. The molecule has 0 fully saturated rings. The lowest BCUT2D eigenvalue weighted by Gasteiger charge is -2.28. The van der Waals surface area contributed by atoms with Gasteiger partial charge in [0.2, 0.25) is 0 Å². The molecule has 0 aliphatic carbocycles. The van der Waals surface area contributed by atoms with E-state index in [1.807, 2.05) is 0 Å². The van der Waals surface area contributed by atoms with Crippen LogP contribution in [0.1, 0.15) is 20.8 Å². The Kier molecular flexibility index (Phi) is 1.60. The lowest BCUT2D eigenvalue weighted by atomic mass is 10.1. The van der Waals surface area contributed by atoms with Crippen LogP contribution in [-0.4, -0.2) is 22.8 Å². The average Bonchev–Trinajstić information content (AvgIpc) is 1.88. The molecule has 0 aromatic carbocycles. The van der Waals surface area contributed by atoms with Crippen molar-refractivity contribution in [2.75, 3.05) is 0 Å². The Morgan fingerprint density at radius 3 is 2.40 bits per heavy atom. The molecular weight excluding hydrogens is 126 g/mol. The Morgan fingerprint density at radius 2 is 2.10 bits per heavy atom. The van der Waals surface area contributed by atoms with Crippen molar-refractivity contribution in [1.29, 1.82) is 0 Å². The fourth-order valence-corrected chi connectivity index (χ4v) is 0.567. The first-order valence-electron chi connectivity index (χ1n) is 3.21. The Balaban J connectivity index is 2.77. The summed E-state index contributed by atoms with van der Waals surface area (Å²) in [5, 5.41) is 5.75. The van der Waals surface area contributed by atoms with Crippen LogP contribution in [0, 0.1) is 0 Å². The largest absolute Gasteiger partial charge is 0.241 e. The molecule has 0 N–H and O–H groups in total. The van der Waals surface area contributed by atoms with Gasteiger partial charge in [0.05, 0.1) is 11.7 Å². The minimum absolute atomic E-state index is 0.00472. The lowest BCUT2D eigenvalue weighted by Crippen LogP contribution is -2.36. The monoisotopic (exact) mass is 137 g/mol. The third-order valence-electron chi connectivity index (χ3n) is 1.16. The molecule has 1 heterocycles. The molecule has 0 aromatic heterocycles. The van der Waals surface area contributed by atoms with Gasteiger partial charge in [-0.3, -0.25) is 0 Å². The SMILES string of the molecule is CC(C)(C)N1C=NC=C=N1. The third-order valence-corrected chi connectivity index (χ3v) is 1.16. The highest BCUT2D eigenvalue weighted by Crippen LogP contribution is 2.11. The van der Waals surface area contributed by atoms with E-state index >= 15 is 0 Å². The number of aliphatic imine (C=N–C) groups is 1. The Bertz CT molecular complexity index is 203. The minimum atomic E-state index is 0.00472. The van der Waals surface area contributed by atoms with E-state index in [9.17, 15) is 0 Å². The van der Waals surface area contributed by atoms with Gasteiger partial charge >= 0.3 is 0 Å². The number of nitrogens with zero attached hydrogens (tertiary/aromatic N) is 3. The fourth-order valence-electron chi connectivity index (χ4n) is 0.567. The molecule has 0 spiro atoms. The molecule has 1 aliphatic rings. The molecule has 0 saturated carbocycles. The van der Waals surface area contributed by atoms with Crippen LogP contribution in [0.3, 0.4) is 0 Å². The number of hydrogen-bond donors (Lipinski definition) is 0. The van der Waals surface area contributed by atoms with E-state index in [-0.39, 0.29) is 5.54 Å². The topological polar surface area (TPSA) is 28.0 Å². The van der Waals surface area contributed by atoms with Crippen molar-refractivity contribution in [3.63, 3.8) is 0 Å². The number of hydrogen-bond acceptors (Lipinski definition) is 3. The molecule has 0 atom stereocenters. The van der Waals surface area contributed by atoms with Crippen molar-refractivity contribution in [3.8, 4) is 0 Å². The van der Waals surface area contributed by atoms with E-state index in [1.54, 1.807) is 17.5 Å². The summed E-state index contributed by atoms with van der Waals surface area (Å²) in [5.41, 5.74) is 0.00472. The maximum Gasteiger partial charge on any atom is 0.113 e. The van der Waals surface area contributed by atoms with Crippen molar-refractivity contribution in [2.45, 2.75) is 26.3 Å². The lowest BCUT2D eigenvalue weighted by molar-refractivity contribution is 0.255. The van der Waals surface area contributed by atoms with Gasteiger partial charge in [0.15, 0.2) is 0 Å². The predicted molar refractivity (Wildman–Crippen MR) is 42.1 cm³/mol. The molecule has 3 heteroatoms. The number of hydrazone groups is 1. The first kappa shape index (κ1) is 7.03. The summed E-state index contributed by atoms with van der Waals surface area (Å²) in [5.74, 6) is 2.67. The summed E-state index contributed by atoms with van der Waals surface area (Å²) < 4.78 is 0. The van der Waals surface area contributed by atoms with Gasteiger partial charge in [-0.05, 0) is 20.8 Å². The van der Waals surface area contributed by atoms with Gasteiger partial charge in [0.1, 0.15) is 6.34 Å². The second-order valence-corrected chi connectivity index (χ2v) is 3.14. The fraction of sp³-hybridized carbons (Fsp3) is 0.571. The van der Waals surface area contributed by atoms with Crippen molar-refractivity contribution >= 4 is 12.2 Å². The van der Waals surface area contributed by atoms with Crippen LogP contribution in [-0.2, 0) is 0 Å². The highest BCUT2D eigenvalue weighted by Gasteiger charge is 2.17. The molecule has 54 valence electrons. The third kappa shape index (κ3) is 1.45. The molecule has 3 nitrogen and oxygen atoms in total. The average molecular weight is 137 g/mol. The van der Waals surface area contributed by atoms with Gasteiger partial charge in [-0.2, -0.15) is 0 Å². The van der Waals surface area contributed by atoms with E-state index in [0.717, 1.165) is 0 Å². The number of rotatable bonds is 0. The van der Waals surface area contributed by atoms with E-state index in [1.165, 1.54) is 0 Å². The van der Waals surface area contributed by atoms with Crippen LogP contribution in [0.15, 0.2) is 16.3 Å². The van der Waals surface area contributed by atoms with Gasteiger partial charge in [-0.15, -0.1) is 5.10 Å². The summed E-state index contributed by atoms with van der Waals surface area (Å²) in [7, 11) is 0. The Morgan fingerprint density at radius 1 is 1.40 bits per heavy atom. The zero-order valence-corrected chi connectivity index (χ0v) is 6.50. The van der Waals surface area contributed by atoms with Gasteiger partial charge in [0, 0.05) is 5.87 Å². The zero-order valence-electron chi connectivity index (χ0n) is 6.50. The highest BCUT2D eigenvalue weighted by molar-refractivity contribution is 5.65. The first-order chi connectivity index (χ1) is 4.61. The van der Waals surface area contributed by atoms with Crippen LogP contribution >= 0.6 is 0 Å². The van der Waals surface area contributed by atoms with Crippen LogP contribution in [0.5, 0.6) is 0 Å². The predicted octanol–water partition coefficient (Wildman–Crippen LogP) is 1.23. The van der Waals surface area contributed by atoms with Crippen LogP contribution in [0.4, 0.5) is 0 Å². The van der Waals surface area contributed by atoms with Crippen LogP contribution < -0.4 is 0 Å². The molecule has 1 rings (SSSR count). The van der Waals surface area contributed by atoms with E-state index in [4.69, 9.17) is 0 Å². The normalized spacial score (nSPS) is 16.5. The van der Waals surface area contributed by atoms with Crippen molar-refractivity contribution in [1.82, 2.24) is 5.01 Å². The molecule has 0 saturated heterocycles. The summed E-state index contributed by atoms with van der Waals surface area (Å²) >= 11 is 0. The molecule has 0 amide bonds. The Hall–Kier alpha value is -1.08. The van der Waals surface area contributed by atoms with Crippen molar-refractivity contribution in [2.24, 2.45) is 10.1 Å². The summed E-state index contributed by atoms with van der Waals surface area (Å²) in [6.07, 6.45) is 3.23. The van der Waals surface area contributed by atoms with Crippen LogP contribution in [0.25, 0.3) is 0 Å². The summed E-state index contributed by atoms with van der Waals surface area (Å²) in [6, 6.07) is 0. The molecule has 0 unspecified atom stereocenters. The quantitative estimate of drug-likeness (QED) is 0.493. The molecule has 0 radical (unpaired) electrons. The second-order valence-electron chi connectivity index (χ2n) is 3.14. The zero-order chi connectivity index (χ0) is 7.61. The van der Waals surface area contributed by atoms with Gasteiger partial charge in [-0.1, -0.05) is 0 Å². The van der Waals surface area contributed by atoms with Gasteiger partial charge in [0.25, 0.3) is 0 Å². The smallest absolute Gasteiger partial charge is 0.113 e. The van der Waals surface area contributed by atoms with E-state index in [2.05, 4.69) is 36.7 Å². The Labute approximate surface area is 60.8 Å². The van der Waals surface area contributed by atoms with Crippen molar-refractivity contribution in [3.05, 3.63) is 6.20 Å². The second kappa shape index (κ2) is 2.27.